The van der Waals surface area contributed by atoms with Gasteiger partial charge in [0, 0.05) is 32.8 Å². The molecule has 1 N–H and O–H groups in total. The maximum atomic E-state index is 8.84. The monoisotopic (exact) mass is 203 g/mol. The lowest BCUT2D eigenvalue weighted by Crippen LogP contribution is -2.29. The van der Waals surface area contributed by atoms with Crippen LogP contribution in [0, 0.1) is 0 Å². The van der Waals surface area contributed by atoms with E-state index >= 15 is 0 Å². The Bertz CT molecular complexity index is 140. The maximum absolute atomic E-state index is 8.84. The van der Waals surface area contributed by atoms with E-state index in [0.717, 1.165) is 26.3 Å². The van der Waals surface area contributed by atoms with Crippen molar-refractivity contribution in [2.45, 2.75) is 26.1 Å². The SMILES string of the molecule is CCOC1CN(CCO)CC1OCC. The van der Waals surface area contributed by atoms with Gasteiger partial charge in [0.25, 0.3) is 0 Å². The Morgan fingerprint density at radius 1 is 1.14 bits per heavy atom. The summed E-state index contributed by atoms with van der Waals surface area (Å²) in [5.41, 5.74) is 0. The Morgan fingerprint density at radius 3 is 2.00 bits per heavy atom. The molecule has 0 radical (unpaired) electrons. The molecule has 0 aromatic rings. The fourth-order valence-electron chi connectivity index (χ4n) is 1.89. The van der Waals surface area contributed by atoms with Crippen molar-refractivity contribution in [2.24, 2.45) is 0 Å². The number of hydrogen-bond acceptors (Lipinski definition) is 4. The average Bonchev–Trinajstić information content (AvgIpc) is 2.50. The van der Waals surface area contributed by atoms with Crippen LogP contribution in [0.3, 0.4) is 0 Å². The number of ether oxygens (including phenoxy) is 2. The molecule has 1 aliphatic rings. The fourth-order valence-corrected chi connectivity index (χ4v) is 1.89. The average molecular weight is 203 g/mol. The van der Waals surface area contributed by atoms with Gasteiger partial charge in [0.1, 0.15) is 0 Å². The summed E-state index contributed by atoms with van der Waals surface area (Å²) < 4.78 is 11.2. The number of rotatable bonds is 6. The van der Waals surface area contributed by atoms with Crippen molar-refractivity contribution in [1.29, 1.82) is 0 Å². The van der Waals surface area contributed by atoms with Gasteiger partial charge in [-0.25, -0.2) is 0 Å². The molecule has 0 aromatic heterocycles. The lowest BCUT2D eigenvalue weighted by molar-refractivity contribution is -0.0388. The predicted molar refractivity (Wildman–Crippen MR) is 54.4 cm³/mol. The summed E-state index contributed by atoms with van der Waals surface area (Å²) >= 11 is 0. The van der Waals surface area contributed by atoms with Crippen LogP contribution in [0.5, 0.6) is 0 Å². The van der Waals surface area contributed by atoms with Gasteiger partial charge in [0.15, 0.2) is 0 Å². The zero-order chi connectivity index (χ0) is 10.4. The molecular weight excluding hydrogens is 182 g/mol. The zero-order valence-electron chi connectivity index (χ0n) is 9.11. The van der Waals surface area contributed by atoms with Gasteiger partial charge in [-0.1, -0.05) is 0 Å². The van der Waals surface area contributed by atoms with Gasteiger partial charge >= 0.3 is 0 Å². The smallest absolute Gasteiger partial charge is 0.0975 e. The van der Waals surface area contributed by atoms with E-state index < -0.39 is 0 Å². The Labute approximate surface area is 85.8 Å². The first-order chi connectivity index (χ1) is 6.81. The van der Waals surface area contributed by atoms with E-state index in [4.69, 9.17) is 14.6 Å². The lowest BCUT2D eigenvalue weighted by Gasteiger charge is -2.17. The zero-order valence-corrected chi connectivity index (χ0v) is 9.11. The van der Waals surface area contributed by atoms with Crippen LogP contribution in [0.4, 0.5) is 0 Å². The van der Waals surface area contributed by atoms with Gasteiger partial charge in [-0.3, -0.25) is 4.90 Å². The number of likely N-dealkylation sites (tertiary alicyclic amines) is 1. The molecule has 0 aliphatic carbocycles. The molecule has 14 heavy (non-hydrogen) atoms. The molecule has 1 fully saturated rings. The van der Waals surface area contributed by atoms with Crippen molar-refractivity contribution in [2.75, 3.05) is 39.5 Å². The molecule has 4 nitrogen and oxygen atoms in total. The molecule has 0 amide bonds. The second kappa shape index (κ2) is 6.35. The van der Waals surface area contributed by atoms with Crippen LogP contribution in [0.1, 0.15) is 13.8 Å². The molecule has 2 unspecified atom stereocenters. The van der Waals surface area contributed by atoms with E-state index in [9.17, 15) is 0 Å². The Kier molecular flexibility index (Phi) is 5.40. The second-order valence-electron chi connectivity index (χ2n) is 3.47. The van der Waals surface area contributed by atoms with Crippen LogP contribution in [0.25, 0.3) is 0 Å². The van der Waals surface area contributed by atoms with Crippen molar-refractivity contribution >= 4 is 0 Å². The topological polar surface area (TPSA) is 41.9 Å². The molecule has 2 atom stereocenters. The first-order valence-electron chi connectivity index (χ1n) is 5.38. The largest absolute Gasteiger partial charge is 0.395 e. The first kappa shape index (κ1) is 11.9. The predicted octanol–water partition coefficient (Wildman–Crippen LogP) is 0.104. The summed E-state index contributed by atoms with van der Waals surface area (Å²) in [6.45, 7) is 8.11. The van der Waals surface area contributed by atoms with Crippen molar-refractivity contribution in [3.63, 3.8) is 0 Å². The number of aliphatic hydroxyl groups excluding tert-OH is 1. The van der Waals surface area contributed by atoms with Crippen molar-refractivity contribution in [3.8, 4) is 0 Å². The molecule has 0 aromatic carbocycles. The van der Waals surface area contributed by atoms with Crippen molar-refractivity contribution in [3.05, 3.63) is 0 Å². The van der Waals surface area contributed by atoms with Gasteiger partial charge in [0.2, 0.25) is 0 Å². The molecule has 1 aliphatic heterocycles. The Hall–Kier alpha value is -0.160. The first-order valence-corrected chi connectivity index (χ1v) is 5.38. The van der Waals surface area contributed by atoms with Gasteiger partial charge in [0.05, 0.1) is 18.8 Å². The van der Waals surface area contributed by atoms with E-state index in [1.54, 1.807) is 0 Å². The summed E-state index contributed by atoms with van der Waals surface area (Å²) in [5, 5.41) is 8.84. The lowest BCUT2D eigenvalue weighted by atomic mass is 10.2. The highest BCUT2D eigenvalue weighted by Gasteiger charge is 2.33. The molecule has 84 valence electrons. The van der Waals surface area contributed by atoms with Crippen molar-refractivity contribution in [1.82, 2.24) is 4.90 Å². The van der Waals surface area contributed by atoms with Gasteiger partial charge in [-0.15, -0.1) is 0 Å². The summed E-state index contributed by atoms with van der Waals surface area (Å²) in [5.74, 6) is 0. The highest BCUT2D eigenvalue weighted by atomic mass is 16.5. The van der Waals surface area contributed by atoms with Crippen LogP contribution < -0.4 is 0 Å². The van der Waals surface area contributed by atoms with Crippen LogP contribution >= 0.6 is 0 Å². The standard InChI is InChI=1S/C10H21NO3/c1-3-13-9-7-11(5-6-12)8-10(9)14-4-2/h9-10,12H,3-8H2,1-2H3. The molecule has 1 saturated heterocycles. The highest BCUT2D eigenvalue weighted by Crippen LogP contribution is 2.16. The normalized spacial score (nSPS) is 28.5. The molecule has 1 rings (SSSR count). The minimum atomic E-state index is 0.173. The molecule has 0 spiro atoms. The molecular formula is C10H21NO3. The summed E-state index contributed by atoms with van der Waals surface area (Å²) in [7, 11) is 0. The minimum Gasteiger partial charge on any atom is -0.395 e. The number of aliphatic hydroxyl groups is 1. The van der Waals surface area contributed by atoms with E-state index in [0.29, 0.717) is 6.54 Å². The summed E-state index contributed by atoms with van der Waals surface area (Å²) in [6, 6.07) is 0. The van der Waals surface area contributed by atoms with Gasteiger partial charge in [-0.05, 0) is 13.8 Å². The van der Waals surface area contributed by atoms with E-state index in [-0.39, 0.29) is 18.8 Å². The third kappa shape index (κ3) is 3.20. The van der Waals surface area contributed by atoms with Crippen LogP contribution in [-0.2, 0) is 9.47 Å². The van der Waals surface area contributed by atoms with Crippen molar-refractivity contribution < 1.29 is 14.6 Å². The Morgan fingerprint density at radius 2 is 1.64 bits per heavy atom. The number of nitrogens with zero attached hydrogens (tertiary/aromatic N) is 1. The molecule has 0 bridgehead atoms. The molecule has 4 heteroatoms. The minimum absolute atomic E-state index is 0.173. The van der Waals surface area contributed by atoms with Crippen LogP contribution in [-0.4, -0.2) is 61.7 Å². The highest BCUT2D eigenvalue weighted by molar-refractivity contribution is 4.85. The second-order valence-corrected chi connectivity index (χ2v) is 3.47. The van der Waals surface area contributed by atoms with Crippen LogP contribution in [0.2, 0.25) is 0 Å². The molecule has 1 heterocycles. The van der Waals surface area contributed by atoms with Gasteiger partial charge < -0.3 is 14.6 Å². The summed E-state index contributed by atoms with van der Waals surface area (Å²) in [4.78, 5) is 2.18. The quantitative estimate of drug-likeness (QED) is 0.665. The summed E-state index contributed by atoms with van der Waals surface area (Å²) in [6.07, 6.45) is 0.345. The third-order valence-corrected chi connectivity index (χ3v) is 2.47. The van der Waals surface area contributed by atoms with E-state index in [1.807, 2.05) is 13.8 Å². The Balaban J connectivity index is 2.38. The number of β-amino-alcohol motifs (C(OH)–C–C–N with tert-alkyl or cyclic N) is 1. The molecule has 0 saturated carbocycles. The van der Waals surface area contributed by atoms with E-state index in [1.165, 1.54) is 0 Å². The van der Waals surface area contributed by atoms with Crippen LogP contribution in [0.15, 0.2) is 0 Å². The fraction of sp³-hybridized carbons (Fsp3) is 1.00. The van der Waals surface area contributed by atoms with Gasteiger partial charge in [-0.2, -0.15) is 0 Å². The maximum Gasteiger partial charge on any atom is 0.0975 e. The van der Waals surface area contributed by atoms with E-state index in [2.05, 4.69) is 4.90 Å². The number of hydrogen-bond donors (Lipinski definition) is 1. The third-order valence-electron chi connectivity index (χ3n) is 2.47.